The Bertz CT molecular complexity index is 530. The van der Waals surface area contributed by atoms with Gasteiger partial charge in [0.15, 0.2) is 5.82 Å². The molecule has 1 aliphatic carbocycles. The molecule has 0 aromatic carbocycles. The van der Waals surface area contributed by atoms with Gasteiger partial charge in [0, 0.05) is 6.20 Å². The van der Waals surface area contributed by atoms with Crippen molar-refractivity contribution in [3.8, 4) is 0 Å². The highest BCUT2D eigenvalue weighted by molar-refractivity contribution is 9.10. The third kappa shape index (κ3) is 1.61. The van der Waals surface area contributed by atoms with Gasteiger partial charge in [-0.3, -0.25) is 9.59 Å². The number of rotatable bonds is 1. The van der Waals surface area contributed by atoms with Gasteiger partial charge in [0.2, 0.25) is 11.8 Å². The molecule has 5 heteroatoms. The van der Waals surface area contributed by atoms with Crippen molar-refractivity contribution in [1.82, 2.24) is 4.98 Å². The first-order chi connectivity index (χ1) is 8.70. The van der Waals surface area contributed by atoms with E-state index in [9.17, 15) is 9.59 Å². The monoisotopic (exact) mass is 306 g/mol. The Labute approximate surface area is 113 Å². The predicted octanol–water partition coefficient (Wildman–Crippen LogP) is 2.30. The SMILES string of the molecule is O=C1C2CC=CCC2C(=O)N1c1ncccc1Br. The molecule has 2 aliphatic rings. The highest BCUT2D eigenvalue weighted by atomic mass is 79.9. The first-order valence-corrected chi connectivity index (χ1v) is 6.63. The van der Waals surface area contributed by atoms with Crippen molar-refractivity contribution in [2.75, 3.05) is 4.90 Å². The molecule has 0 N–H and O–H groups in total. The lowest BCUT2D eigenvalue weighted by Crippen LogP contribution is -2.31. The molecular weight excluding hydrogens is 296 g/mol. The molecule has 1 aromatic rings. The van der Waals surface area contributed by atoms with Gasteiger partial charge in [-0.25, -0.2) is 9.88 Å². The average molecular weight is 307 g/mol. The van der Waals surface area contributed by atoms with Gasteiger partial charge in [-0.15, -0.1) is 0 Å². The third-order valence-electron chi connectivity index (χ3n) is 3.46. The smallest absolute Gasteiger partial charge is 0.239 e. The van der Waals surface area contributed by atoms with Crippen LogP contribution in [0.2, 0.25) is 0 Å². The van der Waals surface area contributed by atoms with Crippen LogP contribution < -0.4 is 4.90 Å². The molecule has 92 valence electrons. The quantitative estimate of drug-likeness (QED) is 0.591. The average Bonchev–Trinajstić information content (AvgIpc) is 2.64. The predicted molar refractivity (Wildman–Crippen MR) is 69.8 cm³/mol. The fourth-order valence-corrected chi connectivity index (χ4v) is 2.98. The van der Waals surface area contributed by atoms with Gasteiger partial charge in [-0.05, 0) is 40.9 Å². The van der Waals surface area contributed by atoms with Crippen LogP contribution in [0.5, 0.6) is 0 Å². The second-order valence-electron chi connectivity index (χ2n) is 4.48. The number of carbonyl (C=O) groups excluding carboxylic acids is 2. The molecule has 1 aromatic heterocycles. The summed E-state index contributed by atoms with van der Waals surface area (Å²) in [5, 5.41) is 0. The van der Waals surface area contributed by atoms with E-state index in [1.165, 1.54) is 4.90 Å². The molecule has 0 spiro atoms. The number of amides is 2. The largest absolute Gasteiger partial charge is 0.274 e. The molecule has 3 rings (SSSR count). The number of carbonyl (C=O) groups is 2. The highest BCUT2D eigenvalue weighted by Crippen LogP contribution is 2.38. The Morgan fingerprint density at radius 3 is 2.33 bits per heavy atom. The van der Waals surface area contributed by atoms with Crippen molar-refractivity contribution >= 4 is 33.6 Å². The van der Waals surface area contributed by atoms with Gasteiger partial charge in [0.05, 0.1) is 16.3 Å². The summed E-state index contributed by atoms with van der Waals surface area (Å²) in [4.78, 5) is 30.0. The summed E-state index contributed by atoms with van der Waals surface area (Å²) in [5.41, 5.74) is 0. The number of imide groups is 1. The second kappa shape index (κ2) is 4.31. The lowest BCUT2D eigenvalue weighted by atomic mass is 9.85. The zero-order chi connectivity index (χ0) is 12.7. The summed E-state index contributed by atoms with van der Waals surface area (Å²) in [5.74, 6) is -0.280. The Hall–Kier alpha value is -1.49. The van der Waals surface area contributed by atoms with Gasteiger partial charge >= 0.3 is 0 Å². The van der Waals surface area contributed by atoms with Gasteiger partial charge in [0.1, 0.15) is 0 Å². The zero-order valence-corrected chi connectivity index (χ0v) is 11.1. The molecule has 0 bridgehead atoms. The molecule has 18 heavy (non-hydrogen) atoms. The maximum absolute atomic E-state index is 12.3. The molecule has 2 heterocycles. The molecule has 2 atom stereocenters. The third-order valence-corrected chi connectivity index (χ3v) is 4.08. The summed E-state index contributed by atoms with van der Waals surface area (Å²) in [6.45, 7) is 0. The van der Waals surface area contributed by atoms with Crippen molar-refractivity contribution in [3.63, 3.8) is 0 Å². The zero-order valence-electron chi connectivity index (χ0n) is 9.54. The van der Waals surface area contributed by atoms with Crippen LogP contribution in [-0.4, -0.2) is 16.8 Å². The summed E-state index contributed by atoms with van der Waals surface area (Å²) in [6.07, 6.45) is 6.83. The Balaban J connectivity index is 2.02. The molecule has 2 unspecified atom stereocenters. The van der Waals surface area contributed by atoms with E-state index in [1.807, 2.05) is 12.2 Å². The Morgan fingerprint density at radius 2 is 1.78 bits per heavy atom. The topological polar surface area (TPSA) is 50.3 Å². The minimum absolute atomic E-state index is 0.131. The second-order valence-corrected chi connectivity index (χ2v) is 5.33. The van der Waals surface area contributed by atoms with Crippen LogP contribution in [0.1, 0.15) is 12.8 Å². The summed E-state index contributed by atoms with van der Waals surface area (Å²) in [7, 11) is 0. The lowest BCUT2D eigenvalue weighted by Gasteiger charge is -2.14. The maximum Gasteiger partial charge on any atom is 0.239 e. The molecule has 2 amide bonds. The van der Waals surface area contributed by atoms with Crippen LogP contribution in [0.3, 0.4) is 0 Å². The molecule has 0 radical (unpaired) electrons. The maximum atomic E-state index is 12.3. The fourth-order valence-electron chi connectivity index (χ4n) is 2.55. The minimum atomic E-state index is -0.212. The van der Waals surface area contributed by atoms with E-state index in [0.717, 1.165) is 0 Å². The highest BCUT2D eigenvalue weighted by Gasteiger charge is 2.48. The minimum Gasteiger partial charge on any atom is -0.274 e. The number of fused-ring (bicyclic) bond motifs is 1. The van der Waals surface area contributed by atoms with Gasteiger partial charge in [0.25, 0.3) is 0 Å². The first-order valence-electron chi connectivity index (χ1n) is 5.83. The van der Waals surface area contributed by atoms with Crippen LogP contribution >= 0.6 is 15.9 Å². The molecule has 1 saturated heterocycles. The van der Waals surface area contributed by atoms with Gasteiger partial charge in [-0.2, -0.15) is 0 Å². The van der Waals surface area contributed by atoms with Gasteiger partial charge < -0.3 is 0 Å². The number of halogens is 1. The Morgan fingerprint density at radius 1 is 1.17 bits per heavy atom. The van der Waals surface area contributed by atoms with Gasteiger partial charge in [-0.1, -0.05) is 12.2 Å². The lowest BCUT2D eigenvalue weighted by molar-refractivity contribution is -0.122. The summed E-state index contributed by atoms with van der Waals surface area (Å²) in [6, 6.07) is 3.54. The van der Waals surface area contributed by atoms with Crippen molar-refractivity contribution in [3.05, 3.63) is 35.0 Å². The van der Waals surface area contributed by atoms with E-state index in [4.69, 9.17) is 0 Å². The number of hydrogen-bond acceptors (Lipinski definition) is 3. The van der Waals surface area contributed by atoms with Crippen LogP contribution in [-0.2, 0) is 9.59 Å². The van der Waals surface area contributed by atoms with E-state index < -0.39 is 0 Å². The first kappa shape index (κ1) is 11.6. The number of allylic oxidation sites excluding steroid dienone is 2. The van der Waals surface area contributed by atoms with E-state index in [2.05, 4.69) is 20.9 Å². The molecule has 1 aliphatic heterocycles. The van der Waals surface area contributed by atoms with E-state index in [-0.39, 0.29) is 23.7 Å². The number of hydrogen-bond donors (Lipinski definition) is 0. The van der Waals surface area contributed by atoms with E-state index in [1.54, 1.807) is 18.3 Å². The van der Waals surface area contributed by atoms with Crippen molar-refractivity contribution in [2.45, 2.75) is 12.8 Å². The van der Waals surface area contributed by atoms with Crippen LogP contribution in [0.4, 0.5) is 5.82 Å². The standard InChI is InChI=1S/C13H11BrN2O2/c14-10-6-3-7-15-11(10)16-12(17)8-4-1-2-5-9(8)13(16)18/h1-3,6-9H,4-5H2. The summed E-state index contributed by atoms with van der Waals surface area (Å²) >= 11 is 3.34. The molecule has 4 nitrogen and oxygen atoms in total. The van der Waals surface area contributed by atoms with Crippen LogP contribution in [0.15, 0.2) is 35.0 Å². The van der Waals surface area contributed by atoms with Crippen molar-refractivity contribution in [1.29, 1.82) is 0 Å². The number of aromatic nitrogens is 1. The van der Waals surface area contributed by atoms with Crippen molar-refractivity contribution < 1.29 is 9.59 Å². The normalized spacial score (nSPS) is 26.6. The number of nitrogens with zero attached hydrogens (tertiary/aromatic N) is 2. The fraction of sp³-hybridized carbons (Fsp3) is 0.308. The Kier molecular flexibility index (Phi) is 2.78. The molecule has 1 fully saturated rings. The molecular formula is C13H11BrN2O2. The van der Waals surface area contributed by atoms with Crippen molar-refractivity contribution in [2.24, 2.45) is 11.8 Å². The molecule has 0 saturated carbocycles. The van der Waals surface area contributed by atoms with E-state index >= 15 is 0 Å². The number of pyridine rings is 1. The number of anilines is 1. The van der Waals surface area contributed by atoms with Crippen LogP contribution in [0, 0.1) is 11.8 Å². The summed E-state index contributed by atoms with van der Waals surface area (Å²) < 4.78 is 0.665. The van der Waals surface area contributed by atoms with Crippen LogP contribution in [0.25, 0.3) is 0 Å². The van der Waals surface area contributed by atoms with E-state index in [0.29, 0.717) is 23.1 Å².